The number of hydrogen-bond donors (Lipinski definition) is 1. The van der Waals surface area contributed by atoms with E-state index in [1.165, 1.54) is 40.2 Å². The average Bonchev–Trinajstić information content (AvgIpc) is 3.09. The molecule has 7 heteroatoms. The number of halogens is 1. The third-order valence-corrected chi connectivity index (χ3v) is 4.42. The smallest absolute Gasteiger partial charge is 0.275 e. The molecule has 0 saturated heterocycles. The van der Waals surface area contributed by atoms with Gasteiger partial charge in [0.1, 0.15) is 5.82 Å². The standard InChI is InChI=1S/C14H11FN4OS/c15-9-3-1-8(2-4-9)10-7-11(10)17-13-18-19-12(20)5-6-16-14(19)21-13/h1-6,10-11H,7H2,(H,17,18)/t10-,11+/m0/s1. The number of fused-ring (bicyclic) bond motifs is 1. The van der Waals surface area contributed by atoms with Crippen LogP contribution in [0.5, 0.6) is 0 Å². The van der Waals surface area contributed by atoms with Crippen molar-refractivity contribution in [2.45, 2.75) is 18.4 Å². The highest BCUT2D eigenvalue weighted by molar-refractivity contribution is 7.20. The summed E-state index contributed by atoms with van der Waals surface area (Å²) in [5, 5.41) is 8.21. The number of hydrogen-bond acceptors (Lipinski definition) is 5. The molecule has 0 unspecified atom stereocenters. The predicted molar refractivity (Wildman–Crippen MR) is 78.3 cm³/mol. The zero-order valence-electron chi connectivity index (χ0n) is 10.9. The van der Waals surface area contributed by atoms with Gasteiger partial charge in [-0.3, -0.25) is 4.79 Å². The van der Waals surface area contributed by atoms with Crippen molar-refractivity contribution >= 4 is 21.4 Å². The first kappa shape index (κ1) is 12.5. The van der Waals surface area contributed by atoms with Gasteiger partial charge in [-0.05, 0) is 24.1 Å². The largest absolute Gasteiger partial charge is 0.357 e. The number of benzene rings is 1. The Balaban J connectivity index is 1.53. The minimum atomic E-state index is -0.222. The summed E-state index contributed by atoms with van der Waals surface area (Å²) in [6, 6.07) is 8.23. The van der Waals surface area contributed by atoms with Crippen molar-refractivity contribution in [2.24, 2.45) is 0 Å². The molecule has 3 aromatic rings. The maximum Gasteiger partial charge on any atom is 0.275 e. The van der Waals surface area contributed by atoms with Crippen molar-refractivity contribution < 1.29 is 4.39 Å². The number of rotatable bonds is 3. The Kier molecular flexibility index (Phi) is 2.75. The fourth-order valence-corrected chi connectivity index (χ4v) is 3.23. The van der Waals surface area contributed by atoms with Crippen molar-refractivity contribution in [3.8, 4) is 0 Å². The van der Waals surface area contributed by atoms with Crippen LogP contribution in [0.15, 0.2) is 41.3 Å². The molecule has 106 valence electrons. The molecule has 1 saturated carbocycles. The van der Waals surface area contributed by atoms with E-state index in [2.05, 4.69) is 15.4 Å². The Bertz CT molecular complexity index is 857. The van der Waals surface area contributed by atoms with Crippen LogP contribution >= 0.6 is 11.3 Å². The van der Waals surface area contributed by atoms with Crippen molar-refractivity contribution in [1.82, 2.24) is 14.6 Å². The van der Waals surface area contributed by atoms with Gasteiger partial charge in [-0.15, -0.1) is 5.10 Å². The lowest BCUT2D eigenvalue weighted by molar-refractivity contribution is 0.627. The van der Waals surface area contributed by atoms with Gasteiger partial charge in [-0.2, -0.15) is 4.52 Å². The fourth-order valence-electron chi connectivity index (χ4n) is 2.39. The van der Waals surface area contributed by atoms with Crippen LogP contribution in [0.4, 0.5) is 9.52 Å². The van der Waals surface area contributed by atoms with Gasteiger partial charge in [0.2, 0.25) is 10.1 Å². The van der Waals surface area contributed by atoms with Crippen molar-refractivity contribution in [3.05, 3.63) is 58.3 Å². The lowest BCUT2D eigenvalue weighted by Gasteiger charge is -2.01. The van der Waals surface area contributed by atoms with Crippen molar-refractivity contribution in [1.29, 1.82) is 0 Å². The van der Waals surface area contributed by atoms with Crippen molar-refractivity contribution in [3.63, 3.8) is 0 Å². The molecule has 0 bridgehead atoms. The van der Waals surface area contributed by atoms with Crippen LogP contribution < -0.4 is 10.9 Å². The lowest BCUT2D eigenvalue weighted by Crippen LogP contribution is -2.13. The van der Waals surface area contributed by atoms with Crippen LogP contribution in [0, 0.1) is 5.82 Å². The Hall–Kier alpha value is -2.28. The molecule has 2 aromatic heterocycles. The Morgan fingerprint density at radius 3 is 2.86 bits per heavy atom. The summed E-state index contributed by atoms with van der Waals surface area (Å²) >= 11 is 1.35. The van der Waals surface area contributed by atoms with E-state index in [9.17, 15) is 9.18 Å². The molecule has 1 aliphatic rings. The summed E-state index contributed by atoms with van der Waals surface area (Å²) in [4.78, 5) is 16.3. The van der Waals surface area contributed by atoms with E-state index in [1.807, 2.05) is 12.1 Å². The summed E-state index contributed by atoms with van der Waals surface area (Å²) in [7, 11) is 0. The Labute approximate surface area is 123 Å². The molecular formula is C14H11FN4OS. The molecule has 2 atom stereocenters. The third kappa shape index (κ3) is 2.29. The van der Waals surface area contributed by atoms with Crippen LogP contribution in [0.1, 0.15) is 17.9 Å². The zero-order chi connectivity index (χ0) is 14.4. The number of nitrogens with zero attached hydrogens (tertiary/aromatic N) is 3. The molecule has 0 amide bonds. The molecule has 2 heterocycles. The topological polar surface area (TPSA) is 59.3 Å². The maximum atomic E-state index is 12.9. The molecule has 0 radical (unpaired) electrons. The summed E-state index contributed by atoms with van der Waals surface area (Å²) in [5.74, 6) is 0.142. The van der Waals surface area contributed by atoms with Crippen LogP contribution in [0.25, 0.3) is 4.96 Å². The molecule has 1 N–H and O–H groups in total. The Morgan fingerprint density at radius 1 is 1.29 bits per heavy atom. The number of anilines is 1. The van der Waals surface area contributed by atoms with E-state index in [4.69, 9.17) is 0 Å². The second-order valence-electron chi connectivity index (χ2n) is 5.03. The van der Waals surface area contributed by atoms with E-state index >= 15 is 0 Å². The van der Waals surface area contributed by atoms with Crippen LogP contribution in [-0.2, 0) is 0 Å². The van der Waals surface area contributed by atoms with Gasteiger partial charge in [0.05, 0.1) is 0 Å². The minimum Gasteiger partial charge on any atom is -0.357 e. The minimum absolute atomic E-state index is 0.185. The van der Waals surface area contributed by atoms with Gasteiger partial charge in [0.15, 0.2) is 0 Å². The van der Waals surface area contributed by atoms with E-state index < -0.39 is 0 Å². The monoisotopic (exact) mass is 302 g/mol. The van der Waals surface area contributed by atoms with E-state index in [1.54, 1.807) is 0 Å². The highest BCUT2D eigenvalue weighted by atomic mass is 32.1. The first-order chi connectivity index (χ1) is 10.2. The molecule has 4 rings (SSSR count). The molecule has 1 aromatic carbocycles. The normalized spacial score (nSPS) is 20.6. The van der Waals surface area contributed by atoms with Crippen LogP contribution in [-0.4, -0.2) is 20.6 Å². The number of aromatic nitrogens is 3. The molecule has 5 nitrogen and oxygen atoms in total. The highest BCUT2D eigenvalue weighted by Gasteiger charge is 2.39. The van der Waals surface area contributed by atoms with Crippen LogP contribution in [0.3, 0.4) is 0 Å². The average molecular weight is 302 g/mol. The maximum absolute atomic E-state index is 12.9. The molecule has 21 heavy (non-hydrogen) atoms. The zero-order valence-corrected chi connectivity index (χ0v) is 11.7. The molecule has 0 spiro atoms. The quantitative estimate of drug-likeness (QED) is 0.806. The SMILES string of the molecule is O=c1ccnc2sc(N[C@@H]3C[C@H]3c3ccc(F)cc3)nn12. The van der Waals surface area contributed by atoms with Gasteiger partial charge in [-0.1, -0.05) is 23.5 Å². The Morgan fingerprint density at radius 2 is 2.10 bits per heavy atom. The first-order valence-corrected chi connectivity index (χ1v) is 7.39. The van der Waals surface area contributed by atoms with Gasteiger partial charge >= 0.3 is 0 Å². The number of nitrogens with one attached hydrogen (secondary N) is 1. The summed E-state index contributed by atoms with van der Waals surface area (Å²) < 4.78 is 14.2. The summed E-state index contributed by atoms with van der Waals surface area (Å²) in [6.07, 6.45) is 2.46. The second-order valence-corrected chi connectivity index (χ2v) is 5.99. The molecule has 1 aliphatic carbocycles. The van der Waals surface area contributed by atoms with Gasteiger partial charge in [-0.25, -0.2) is 9.37 Å². The molecule has 1 fully saturated rings. The first-order valence-electron chi connectivity index (χ1n) is 6.57. The summed E-state index contributed by atoms with van der Waals surface area (Å²) in [6.45, 7) is 0. The predicted octanol–water partition coefficient (Wildman–Crippen LogP) is 2.26. The van der Waals surface area contributed by atoms with Gasteiger partial charge in [0, 0.05) is 24.2 Å². The van der Waals surface area contributed by atoms with Crippen molar-refractivity contribution in [2.75, 3.05) is 5.32 Å². The van der Waals surface area contributed by atoms with E-state index in [-0.39, 0.29) is 17.4 Å². The molecule has 0 aliphatic heterocycles. The third-order valence-electron chi connectivity index (χ3n) is 3.57. The van der Waals surface area contributed by atoms with E-state index in [0.29, 0.717) is 16.0 Å². The van der Waals surface area contributed by atoms with Gasteiger partial charge < -0.3 is 5.32 Å². The van der Waals surface area contributed by atoms with Gasteiger partial charge in [0.25, 0.3) is 5.56 Å². The molecular weight excluding hydrogens is 291 g/mol. The fraction of sp³-hybridized carbons (Fsp3) is 0.214. The summed E-state index contributed by atoms with van der Waals surface area (Å²) in [5.41, 5.74) is 0.931. The highest BCUT2D eigenvalue weighted by Crippen LogP contribution is 2.43. The van der Waals surface area contributed by atoms with E-state index in [0.717, 1.165) is 12.0 Å². The second kappa shape index (κ2) is 4.63. The van der Waals surface area contributed by atoms with Crippen LogP contribution in [0.2, 0.25) is 0 Å². The lowest BCUT2D eigenvalue weighted by atomic mass is 10.1.